The van der Waals surface area contributed by atoms with Crippen LogP contribution in [0.2, 0.25) is 18.1 Å². The van der Waals surface area contributed by atoms with Crippen molar-refractivity contribution in [2.75, 3.05) is 26.4 Å². The van der Waals surface area contributed by atoms with E-state index in [2.05, 4.69) is 82.4 Å². The molecule has 4 fully saturated rings. The van der Waals surface area contributed by atoms with E-state index in [9.17, 15) is 0 Å². The molecule has 0 aromatic heterocycles. The van der Waals surface area contributed by atoms with Crippen LogP contribution in [0.1, 0.15) is 129 Å². The van der Waals surface area contributed by atoms with Gasteiger partial charge in [0.15, 0.2) is 20.9 Å². The fourth-order valence-corrected chi connectivity index (χ4v) is 10.3. The molecule has 2 heterocycles. The normalized spacial score (nSPS) is 30.0. The second-order valence-electron chi connectivity index (χ2n) is 18.5. The van der Waals surface area contributed by atoms with Gasteiger partial charge in [-0.25, -0.2) is 0 Å². The zero-order valence-corrected chi connectivity index (χ0v) is 35.1. The Hall–Kier alpha value is -1.32. The van der Waals surface area contributed by atoms with E-state index in [1.54, 1.807) is 5.57 Å². The maximum Gasteiger partial charge on any atom is 0.192 e. The van der Waals surface area contributed by atoms with E-state index in [0.717, 1.165) is 84.2 Å². The van der Waals surface area contributed by atoms with Gasteiger partial charge >= 0.3 is 0 Å². The Morgan fingerprint density at radius 3 is 2.28 bits per heavy atom. The van der Waals surface area contributed by atoms with Crippen LogP contribution < -0.4 is 0 Å². The number of hydrogen-bond donors (Lipinski definition) is 0. The number of fused-ring (bicyclic) bond motifs is 1. The van der Waals surface area contributed by atoms with E-state index in [4.69, 9.17) is 28.1 Å². The maximum absolute atomic E-state index is 6.98. The van der Waals surface area contributed by atoms with Crippen molar-refractivity contribution in [1.82, 2.24) is 0 Å². The average Bonchev–Trinajstić information content (AvgIpc) is 3.71. The van der Waals surface area contributed by atoms with Crippen molar-refractivity contribution in [3.63, 3.8) is 0 Å². The van der Waals surface area contributed by atoms with Gasteiger partial charge in [0.1, 0.15) is 0 Å². The van der Waals surface area contributed by atoms with Gasteiger partial charge in [0, 0.05) is 38.3 Å². The topological polar surface area (TPSA) is 55.4 Å². The number of allylic oxidation sites excluding steroid dienone is 1. The highest BCUT2D eigenvalue weighted by Crippen LogP contribution is 2.51. The number of hydrogen-bond acceptors (Lipinski definition) is 6. The Kier molecular flexibility index (Phi) is 15.7. The van der Waals surface area contributed by atoms with Crippen molar-refractivity contribution >= 4 is 8.32 Å². The van der Waals surface area contributed by atoms with Gasteiger partial charge in [0.2, 0.25) is 0 Å². The van der Waals surface area contributed by atoms with Crippen LogP contribution in [-0.2, 0) is 34.7 Å². The molecule has 8 unspecified atom stereocenters. The van der Waals surface area contributed by atoms with Gasteiger partial charge in [0.05, 0.1) is 18.8 Å². The fraction of sp³-hybridized carbons (Fsp3) is 0.783. The summed E-state index contributed by atoms with van der Waals surface area (Å²) in [5, 5.41) is 0.199. The third kappa shape index (κ3) is 12.1. The van der Waals surface area contributed by atoms with Crippen LogP contribution in [0, 0.1) is 29.6 Å². The standard InChI is InChI=1S/C46H74O6Si/c1-46(2,3)53(4,5)50-34-37(22-12-15-27-47-33-35-18-8-6-9-19-35)38-30-39-32-43(52-45-24-14-17-29-49-45)40(41(39)31-38)25-26-42(36-20-10-7-11-21-36)51-44-23-13-16-28-48-44/h6,8-9,18-19,25-26,30,36-37,39-45H,7,10-17,20-24,27-29,31-34H2,1-5H3. The van der Waals surface area contributed by atoms with Crippen LogP contribution in [-0.4, -0.2) is 59.5 Å². The molecule has 0 radical (unpaired) electrons. The second kappa shape index (κ2) is 20.2. The SMILES string of the molecule is CC(C)(C)[Si](C)(C)OCC(CCCCOCc1ccccc1)C1=CC2CC(OC3CCCCO3)C(C=CC(OC3CCCCO3)C3CCCCC3)C2C1. The highest BCUT2D eigenvalue weighted by molar-refractivity contribution is 6.74. The predicted molar refractivity (Wildman–Crippen MR) is 217 cm³/mol. The minimum Gasteiger partial charge on any atom is -0.416 e. The average molecular weight is 751 g/mol. The minimum absolute atomic E-state index is 0.0653. The number of ether oxygens (including phenoxy) is 5. The summed E-state index contributed by atoms with van der Waals surface area (Å²) < 4.78 is 39.0. The molecule has 1 aromatic carbocycles. The molecular formula is C46H74O6Si. The molecule has 5 aliphatic rings. The molecule has 1 aromatic rings. The monoisotopic (exact) mass is 751 g/mol. The van der Waals surface area contributed by atoms with Crippen molar-refractivity contribution in [3.8, 4) is 0 Å². The van der Waals surface area contributed by atoms with E-state index < -0.39 is 8.32 Å². The molecule has 298 valence electrons. The molecule has 0 spiro atoms. The van der Waals surface area contributed by atoms with Gasteiger partial charge in [-0.05, 0) is 118 Å². The second-order valence-corrected chi connectivity index (χ2v) is 23.3. The summed E-state index contributed by atoms with van der Waals surface area (Å²) in [7, 11) is -1.88. The van der Waals surface area contributed by atoms with Gasteiger partial charge in [-0.15, -0.1) is 0 Å². The summed E-state index contributed by atoms with van der Waals surface area (Å²) in [5.41, 5.74) is 2.88. The molecule has 6 rings (SSSR count). The first kappa shape index (κ1) is 41.3. The molecule has 0 amide bonds. The van der Waals surface area contributed by atoms with E-state index in [0.29, 0.717) is 36.2 Å². The Morgan fingerprint density at radius 1 is 0.868 bits per heavy atom. The molecule has 6 nitrogen and oxygen atoms in total. The Labute approximate surface area is 324 Å². The first-order valence-corrected chi connectivity index (χ1v) is 24.8. The molecule has 7 heteroatoms. The van der Waals surface area contributed by atoms with Crippen LogP contribution in [0.5, 0.6) is 0 Å². The fourth-order valence-electron chi connectivity index (χ4n) is 9.25. The van der Waals surface area contributed by atoms with Crippen LogP contribution in [0.4, 0.5) is 0 Å². The smallest absolute Gasteiger partial charge is 0.192 e. The van der Waals surface area contributed by atoms with Gasteiger partial charge in [-0.3, -0.25) is 0 Å². The summed E-state index contributed by atoms with van der Waals surface area (Å²) in [5.74, 6) is 2.48. The van der Waals surface area contributed by atoms with Crippen LogP contribution in [0.3, 0.4) is 0 Å². The zero-order chi connectivity index (χ0) is 37.1. The first-order valence-electron chi connectivity index (χ1n) is 21.8. The molecule has 53 heavy (non-hydrogen) atoms. The van der Waals surface area contributed by atoms with Gasteiger partial charge in [-0.2, -0.15) is 0 Å². The molecule has 0 N–H and O–H groups in total. The van der Waals surface area contributed by atoms with Crippen molar-refractivity contribution in [3.05, 3.63) is 59.7 Å². The summed E-state index contributed by atoms with van der Waals surface area (Å²) in [4.78, 5) is 0. The largest absolute Gasteiger partial charge is 0.416 e. The minimum atomic E-state index is -1.88. The quantitative estimate of drug-likeness (QED) is 0.0846. The van der Waals surface area contributed by atoms with Crippen molar-refractivity contribution < 1.29 is 28.1 Å². The highest BCUT2D eigenvalue weighted by Gasteiger charge is 2.47. The third-order valence-electron chi connectivity index (χ3n) is 13.6. The lowest BCUT2D eigenvalue weighted by Gasteiger charge is -2.37. The van der Waals surface area contributed by atoms with E-state index in [1.807, 2.05) is 0 Å². The predicted octanol–water partition coefficient (Wildman–Crippen LogP) is 11.6. The molecule has 2 saturated carbocycles. The van der Waals surface area contributed by atoms with Crippen LogP contribution in [0.25, 0.3) is 0 Å². The third-order valence-corrected chi connectivity index (χ3v) is 18.1. The number of unbranched alkanes of at least 4 members (excludes halogenated alkanes) is 1. The molecular weight excluding hydrogens is 677 g/mol. The molecule has 2 saturated heterocycles. The van der Waals surface area contributed by atoms with Crippen LogP contribution >= 0.6 is 0 Å². The number of rotatable bonds is 18. The zero-order valence-electron chi connectivity index (χ0n) is 34.1. The molecule has 0 bridgehead atoms. The van der Waals surface area contributed by atoms with Crippen molar-refractivity contribution in [2.24, 2.45) is 29.6 Å². The summed E-state index contributed by atoms with van der Waals surface area (Å²) in [6, 6.07) is 10.5. The lowest BCUT2D eigenvalue weighted by atomic mass is 9.83. The van der Waals surface area contributed by atoms with Crippen molar-refractivity contribution in [2.45, 2.75) is 173 Å². The summed E-state index contributed by atoms with van der Waals surface area (Å²) in [6.45, 7) is 15.8. The summed E-state index contributed by atoms with van der Waals surface area (Å²) in [6.07, 6.45) is 26.7. The molecule has 8 atom stereocenters. The van der Waals surface area contributed by atoms with Gasteiger partial charge < -0.3 is 28.1 Å². The maximum atomic E-state index is 6.98. The first-order chi connectivity index (χ1) is 25.7. The Bertz CT molecular complexity index is 1260. The van der Waals surface area contributed by atoms with E-state index in [-0.39, 0.29) is 29.8 Å². The highest BCUT2D eigenvalue weighted by atomic mass is 28.4. The molecule has 2 aliphatic heterocycles. The van der Waals surface area contributed by atoms with E-state index >= 15 is 0 Å². The lowest BCUT2D eigenvalue weighted by Crippen LogP contribution is -2.42. The van der Waals surface area contributed by atoms with Gasteiger partial charge in [-0.1, -0.05) is 101 Å². The lowest BCUT2D eigenvalue weighted by molar-refractivity contribution is -0.193. The summed E-state index contributed by atoms with van der Waals surface area (Å²) >= 11 is 0. The Morgan fingerprint density at radius 2 is 1.58 bits per heavy atom. The Balaban J connectivity index is 1.15. The van der Waals surface area contributed by atoms with Gasteiger partial charge in [0.25, 0.3) is 0 Å². The molecule has 3 aliphatic carbocycles. The van der Waals surface area contributed by atoms with Crippen LogP contribution in [0.15, 0.2) is 54.1 Å². The number of benzene rings is 1. The van der Waals surface area contributed by atoms with Crippen molar-refractivity contribution in [1.29, 1.82) is 0 Å². The van der Waals surface area contributed by atoms with E-state index in [1.165, 1.54) is 50.5 Å².